The summed E-state index contributed by atoms with van der Waals surface area (Å²) < 4.78 is 0. The van der Waals surface area contributed by atoms with E-state index < -0.39 is 6.10 Å². The van der Waals surface area contributed by atoms with E-state index in [4.69, 9.17) is 0 Å². The van der Waals surface area contributed by atoms with Crippen LogP contribution in [0.2, 0.25) is 0 Å². The second-order valence-corrected chi connectivity index (χ2v) is 7.66. The summed E-state index contributed by atoms with van der Waals surface area (Å²) in [4.78, 5) is 20.6. The van der Waals surface area contributed by atoms with E-state index >= 15 is 0 Å². The Morgan fingerprint density at radius 2 is 1.80 bits per heavy atom. The third-order valence-corrected chi connectivity index (χ3v) is 5.99. The SMILES string of the molecule is Cc1ccc(C)c2c(C)c(C(=O)N3C[C@H](O)[C@@H](N4CCCC4)C3)[nH]c12. The number of hydrogen-bond donors (Lipinski definition) is 2. The fourth-order valence-corrected chi connectivity index (χ4v) is 4.54. The van der Waals surface area contributed by atoms with Gasteiger partial charge in [0.05, 0.1) is 12.1 Å². The molecule has 0 spiro atoms. The van der Waals surface area contributed by atoms with Crippen LogP contribution in [0.15, 0.2) is 12.1 Å². The number of amides is 1. The van der Waals surface area contributed by atoms with Crippen molar-refractivity contribution >= 4 is 16.8 Å². The highest BCUT2D eigenvalue weighted by atomic mass is 16.3. The molecule has 0 bridgehead atoms. The van der Waals surface area contributed by atoms with Gasteiger partial charge in [0, 0.05) is 24.0 Å². The van der Waals surface area contributed by atoms with Crippen LogP contribution in [0.4, 0.5) is 0 Å². The van der Waals surface area contributed by atoms with Crippen LogP contribution in [0, 0.1) is 20.8 Å². The average molecular weight is 341 g/mol. The maximum Gasteiger partial charge on any atom is 0.270 e. The smallest absolute Gasteiger partial charge is 0.270 e. The van der Waals surface area contributed by atoms with Crippen molar-refractivity contribution < 1.29 is 9.90 Å². The minimum Gasteiger partial charge on any atom is -0.390 e. The van der Waals surface area contributed by atoms with E-state index in [1.807, 2.05) is 11.8 Å². The number of hydrogen-bond acceptors (Lipinski definition) is 3. The normalized spacial score (nSPS) is 24.6. The minimum atomic E-state index is -0.449. The number of aliphatic hydroxyl groups excluding tert-OH is 1. The van der Waals surface area contributed by atoms with Crippen molar-refractivity contribution in [1.82, 2.24) is 14.8 Å². The first-order valence-corrected chi connectivity index (χ1v) is 9.27. The molecule has 1 amide bonds. The monoisotopic (exact) mass is 341 g/mol. The fourth-order valence-electron chi connectivity index (χ4n) is 4.54. The van der Waals surface area contributed by atoms with Crippen molar-refractivity contribution in [3.05, 3.63) is 34.5 Å². The molecule has 3 heterocycles. The van der Waals surface area contributed by atoms with E-state index in [0.29, 0.717) is 18.8 Å². The summed E-state index contributed by atoms with van der Waals surface area (Å²) in [6.07, 6.45) is 1.93. The Balaban J connectivity index is 1.63. The van der Waals surface area contributed by atoms with Crippen LogP contribution in [0.1, 0.15) is 40.0 Å². The van der Waals surface area contributed by atoms with E-state index in [1.54, 1.807) is 0 Å². The van der Waals surface area contributed by atoms with Crippen molar-refractivity contribution in [3.8, 4) is 0 Å². The van der Waals surface area contributed by atoms with Gasteiger partial charge in [0.15, 0.2) is 0 Å². The third-order valence-electron chi connectivity index (χ3n) is 5.99. The molecule has 0 saturated carbocycles. The van der Waals surface area contributed by atoms with E-state index in [-0.39, 0.29) is 11.9 Å². The number of nitrogens with zero attached hydrogens (tertiary/aromatic N) is 2. The number of benzene rings is 1. The van der Waals surface area contributed by atoms with Gasteiger partial charge in [0.2, 0.25) is 0 Å². The number of β-amino-alcohol motifs (C(OH)–C–C–N with tert-alkyl or cyclic N) is 1. The molecule has 2 atom stereocenters. The number of rotatable bonds is 2. The van der Waals surface area contributed by atoms with E-state index in [9.17, 15) is 9.90 Å². The van der Waals surface area contributed by atoms with Crippen LogP contribution in [-0.2, 0) is 0 Å². The zero-order chi connectivity index (χ0) is 17.7. The molecule has 2 aliphatic heterocycles. The Bertz CT molecular complexity index is 820. The zero-order valence-corrected chi connectivity index (χ0v) is 15.3. The summed E-state index contributed by atoms with van der Waals surface area (Å²) in [5.74, 6) is 0.00764. The summed E-state index contributed by atoms with van der Waals surface area (Å²) >= 11 is 0. The molecule has 2 N–H and O–H groups in total. The van der Waals surface area contributed by atoms with Crippen molar-refractivity contribution in [2.24, 2.45) is 0 Å². The fraction of sp³-hybridized carbons (Fsp3) is 0.550. The molecule has 0 aliphatic carbocycles. The average Bonchev–Trinajstić information content (AvgIpc) is 3.29. The van der Waals surface area contributed by atoms with Gasteiger partial charge < -0.3 is 15.0 Å². The molecule has 1 aromatic carbocycles. The first kappa shape index (κ1) is 16.6. The molecule has 0 radical (unpaired) electrons. The molecule has 4 rings (SSSR count). The first-order chi connectivity index (χ1) is 12.0. The second kappa shape index (κ2) is 6.15. The van der Waals surface area contributed by atoms with Crippen LogP contribution >= 0.6 is 0 Å². The third kappa shape index (κ3) is 2.66. The van der Waals surface area contributed by atoms with Gasteiger partial charge in [-0.25, -0.2) is 0 Å². The Kier molecular flexibility index (Phi) is 4.08. The standard InChI is InChI=1S/C20H27N3O2/c1-12-6-7-13(2)18-17(12)14(3)19(21-18)20(25)23-10-15(16(24)11-23)22-8-4-5-9-22/h6-7,15-16,21,24H,4-5,8-11H2,1-3H3/t15-,16-/m0/s1. The lowest BCUT2D eigenvalue weighted by Gasteiger charge is -2.25. The highest BCUT2D eigenvalue weighted by molar-refractivity contribution is 6.02. The number of aliphatic hydroxyl groups is 1. The molecule has 5 heteroatoms. The number of aromatic nitrogens is 1. The minimum absolute atomic E-state index is 0.00764. The van der Waals surface area contributed by atoms with Crippen molar-refractivity contribution in [3.63, 3.8) is 0 Å². The highest BCUT2D eigenvalue weighted by Gasteiger charge is 2.39. The lowest BCUT2D eigenvalue weighted by molar-refractivity contribution is 0.0758. The maximum atomic E-state index is 13.1. The lowest BCUT2D eigenvalue weighted by Crippen LogP contribution is -2.41. The highest BCUT2D eigenvalue weighted by Crippen LogP contribution is 2.29. The number of aromatic amines is 1. The number of aryl methyl sites for hydroxylation is 3. The van der Waals surface area contributed by atoms with Gasteiger partial charge in [-0.3, -0.25) is 9.69 Å². The quantitative estimate of drug-likeness (QED) is 0.882. The number of nitrogens with one attached hydrogen (secondary N) is 1. The predicted molar refractivity (Wildman–Crippen MR) is 99.0 cm³/mol. The molecule has 134 valence electrons. The summed E-state index contributed by atoms with van der Waals surface area (Å²) in [7, 11) is 0. The van der Waals surface area contributed by atoms with E-state index in [1.165, 1.54) is 18.4 Å². The number of fused-ring (bicyclic) bond motifs is 1. The van der Waals surface area contributed by atoms with Gasteiger partial charge in [0.1, 0.15) is 5.69 Å². The first-order valence-electron chi connectivity index (χ1n) is 9.27. The van der Waals surface area contributed by atoms with E-state index in [2.05, 4.69) is 35.9 Å². The molecule has 2 saturated heterocycles. The molecule has 5 nitrogen and oxygen atoms in total. The van der Waals surface area contributed by atoms with Crippen molar-refractivity contribution in [1.29, 1.82) is 0 Å². The molecule has 1 aromatic heterocycles. The molecule has 2 aliphatic rings. The van der Waals surface area contributed by atoms with E-state index in [0.717, 1.165) is 35.1 Å². The maximum absolute atomic E-state index is 13.1. The van der Waals surface area contributed by atoms with Gasteiger partial charge in [-0.05, 0) is 63.4 Å². The van der Waals surface area contributed by atoms with Crippen LogP contribution in [0.3, 0.4) is 0 Å². The topological polar surface area (TPSA) is 59.6 Å². The van der Waals surface area contributed by atoms with Crippen LogP contribution in [0.5, 0.6) is 0 Å². The zero-order valence-electron chi connectivity index (χ0n) is 15.3. The Hall–Kier alpha value is -1.85. The molecule has 2 aromatic rings. The summed E-state index contributed by atoms with van der Waals surface area (Å²) in [5, 5.41) is 11.6. The van der Waals surface area contributed by atoms with Crippen LogP contribution in [0.25, 0.3) is 10.9 Å². The van der Waals surface area contributed by atoms with Crippen molar-refractivity contribution in [2.45, 2.75) is 45.8 Å². The number of carbonyl (C=O) groups excluding carboxylic acids is 1. The summed E-state index contributed by atoms with van der Waals surface area (Å²) in [5.41, 5.74) is 5.07. The molecule has 25 heavy (non-hydrogen) atoms. The lowest BCUT2D eigenvalue weighted by atomic mass is 10.0. The van der Waals surface area contributed by atoms with Crippen molar-refractivity contribution in [2.75, 3.05) is 26.2 Å². The largest absolute Gasteiger partial charge is 0.390 e. The molecule has 2 fully saturated rings. The van der Waals surface area contributed by atoms with Crippen LogP contribution in [-0.4, -0.2) is 64.1 Å². The molecule has 0 unspecified atom stereocenters. The molecular weight excluding hydrogens is 314 g/mol. The predicted octanol–water partition coefficient (Wildman–Crippen LogP) is 2.37. The van der Waals surface area contributed by atoms with Gasteiger partial charge in [-0.2, -0.15) is 0 Å². The molecular formula is C20H27N3O2. The van der Waals surface area contributed by atoms with Gasteiger partial charge in [0.25, 0.3) is 5.91 Å². The Morgan fingerprint density at radius 1 is 1.12 bits per heavy atom. The summed E-state index contributed by atoms with van der Waals surface area (Å²) in [6, 6.07) is 4.28. The Labute approximate surface area is 148 Å². The van der Waals surface area contributed by atoms with Gasteiger partial charge in [-0.1, -0.05) is 12.1 Å². The number of likely N-dealkylation sites (tertiary alicyclic amines) is 2. The van der Waals surface area contributed by atoms with Gasteiger partial charge in [-0.15, -0.1) is 0 Å². The number of H-pyrrole nitrogens is 1. The Morgan fingerprint density at radius 3 is 2.48 bits per heavy atom. The van der Waals surface area contributed by atoms with Gasteiger partial charge >= 0.3 is 0 Å². The van der Waals surface area contributed by atoms with Crippen LogP contribution < -0.4 is 0 Å². The summed E-state index contributed by atoms with van der Waals surface area (Å²) in [6.45, 7) is 9.28. The second-order valence-electron chi connectivity index (χ2n) is 7.66. The number of carbonyl (C=O) groups is 1.